The molecular formula is C10H10BrFO2. The average Bonchev–Trinajstić information content (AvgIpc) is 2.13. The monoisotopic (exact) mass is 260 g/mol. The molecule has 0 unspecified atom stereocenters. The molecule has 0 amide bonds. The maximum absolute atomic E-state index is 13.1. The van der Waals surface area contributed by atoms with E-state index in [1.165, 1.54) is 12.1 Å². The summed E-state index contributed by atoms with van der Waals surface area (Å²) in [5.74, 6) is -0.910. The fourth-order valence-corrected chi connectivity index (χ4v) is 1.70. The summed E-state index contributed by atoms with van der Waals surface area (Å²) in [5.41, 5.74) is 0.560. The zero-order valence-electron chi connectivity index (χ0n) is 7.93. The molecule has 1 aromatic carbocycles. The molecule has 0 saturated heterocycles. The van der Waals surface area contributed by atoms with Gasteiger partial charge in [0.15, 0.2) is 0 Å². The molecule has 0 aromatic heterocycles. The number of carbonyl (C=O) groups is 1. The van der Waals surface area contributed by atoms with E-state index in [2.05, 4.69) is 15.9 Å². The van der Waals surface area contributed by atoms with Crippen molar-refractivity contribution in [1.29, 1.82) is 0 Å². The van der Waals surface area contributed by atoms with E-state index >= 15 is 0 Å². The van der Waals surface area contributed by atoms with Gasteiger partial charge in [-0.05, 0) is 41.9 Å². The fourth-order valence-electron chi connectivity index (χ4n) is 1.11. The largest absolute Gasteiger partial charge is 0.462 e. The third-order valence-electron chi connectivity index (χ3n) is 1.83. The normalized spacial score (nSPS) is 10.0. The Balaban J connectivity index is 3.18. The Labute approximate surface area is 90.2 Å². The van der Waals surface area contributed by atoms with E-state index < -0.39 is 11.8 Å². The van der Waals surface area contributed by atoms with Gasteiger partial charge >= 0.3 is 5.97 Å². The highest BCUT2D eigenvalue weighted by atomic mass is 79.9. The van der Waals surface area contributed by atoms with Gasteiger partial charge in [0.2, 0.25) is 0 Å². The summed E-state index contributed by atoms with van der Waals surface area (Å²) >= 11 is 3.18. The van der Waals surface area contributed by atoms with Crippen LogP contribution in [0.4, 0.5) is 4.39 Å². The van der Waals surface area contributed by atoms with Crippen LogP contribution in [0.1, 0.15) is 22.8 Å². The minimum Gasteiger partial charge on any atom is -0.462 e. The van der Waals surface area contributed by atoms with E-state index in [0.717, 1.165) is 0 Å². The minimum atomic E-state index is -0.503. The highest BCUT2D eigenvalue weighted by molar-refractivity contribution is 9.10. The van der Waals surface area contributed by atoms with Crippen molar-refractivity contribution >= 4 is 21.9 Å². The quantitative estimate of drug-likeness (QED) is 0.765. The number of carbonyl (C=O) groups excluding carboxylic acids is 1. The molecule has 0 N–H and O–H groups in total. The topological polar surface area (TPSA) is 26.3 Å². The number of hydrogen-bond acceptors (Lipinski definition) is 2. The van der Waals surface area contributed by atoms with E-state index in [1.54, 1.807) is 13.8 Å². The molecule has 2 nitrogen and oxygen atoms in total. The minimum absolute atomic E-state index is 0.256. The van der Waals surface area contributed by atoms with Crippen molar-refractivity contribution in [2.45, 2.75) is 13.8 Å². The molecule has 0 radical (unpaired) electrons. The van der Waals surface area contributed by atoms with Crippen molar-refractivity contribution in [2.75, 3.05) is 6.61 Å². The van der Waals surface area contributed by atoms with E-state index in [4.69, 9.17) is 4.74 Å². The van der Waals surface area contributed by atoms with Crippen LogP contribution in [0.3, 0.4) is 0 Å². The predicted molar refractivity (Wildman–Crippen MR) is 54.8 cm³/mol. The van der Waals surface area contributed by atoms with Crippen LogP contribution in [0, 0.1) is 12.7 Å². The fraction of sp³-hybridized carbons (Fsp3) is 0.300. The van der Waals surface area contributed by atoms with Gasteiger partial charge in [-0.2, -0.15) is 0 Å². The van der Waals surface area contributed by atoms with Gasteiger partial charge in [-0.1, -0.05) is 0 Å². The first-order chi connectivity index (χ1) is 6.57. The molecule has 1 aromatic rings. The summed E-state index contributed by atoms with van der Waals surface area (Å²) in [6.07, 6.45) is 0. The van der Waals surface area contributed by atoms with Crippen molar-refractivity contribution in [3.05, 3.63) is 33.5 Å². The molecule has 0 fully saturated rings. The summed E-state index contributed by atoms with van der Waals surface area (Å²) in [7, 11) is 0. The summed E-state index contributed by atoms with van der Waals surface area (Å²) in [6.45, 7) is 3.54. The molecular weight excluding hydrogens is 251 g/mol. The Morgan fingerprint density at radius 2 is 2.21 bits per heavy atom. The second-order valence-electron chi connectivity index (χ2n) is 2.75. The lowest BCUT2D eigenvalue weighted by Gasteiger charge is -2.07. The van der Waals surface area contributed by atoms with Crippen LogP contribution in [0.25, 0.3) is 0 Å². The van der Waals surface area contributed by atoms with Crippen molar-refractivity contribution in [2.24, 2.45) is 0 Å². The Morgan fingerprint density at radius 1 is 1.57 bits per heavy atom. The van der Waals surface area contributed by atoms with Crippen LogP contribution in [-0.2, 0) is 4.74 Å². The Morgan fingerprint density at radius 3 is 2.79 bits per heavy atom. The van der Waals surface area contributed by atoms with E-state index in [-0.39, 0.29) is 12.2 Å². The van der Waals surface area contributed by atoms with Gasteiger partial charge in [0, 0.05) is 10.0 Å². The second-order valence-corrected chi connectivity index (χ2v) is 3.60. The number of esters is 1. The lowest BCUT2D eigenvalue weighted by Crippen LogP contribution is -2.08. The van der Waals surface area contributed by atoms with Gasteiger partial charge in [-0.15, -0.1) is 0 Å². The molecule has 1 rings (SSSR count). The Bertz CT molecular complexity index is 363. The molecule has 0 spiro atoms. The first kappa shape index (κ1) is 11.2. The summed E-state index contributed by atoms with van der Waals surface area (Å²) in [5, 5.41) is 0. The van der Waals surface area contributed by atoms with Crippen molar-refractivity contribution in [1.82, 2.24) is 0 Å². The molecule has 0 saturated carbocycles. The molecule has 0 aliphatic heterocycles. The number of benzene rings is 1. The molecule has 0 bridgehead atoms. The van der Waals surface area contributed by atoms with Crippen LogP contribution in [0.5, 0.6) is 0 Å². The smallest absolute Gasteiger partial charge is 0.339 e. The molecule has 0 aliphatic rings. The average molecular weight is 261 g/mol. The van der Waals surface area contributed by atoms with Gasteiger partial charge in [-0.25, -0.2) is 9.18 Å². The van der Waals surface area contributed by atoms with Crippen LogP contribution >= 0.6 is 15.9 Å². The number of ether oxygens (including phenoxy) is 1. The first-order valence-electron chi connectivity index (χ1n) is 4.19. The highest BCUT2D eigenvalue weighted by Gasteiger charge is 2.16. The molecule has 76 valence electrons. The lowest BCUT2D eigenvalue weighted by atomic mass is 10.1. The van der Waals surface area contributed by atoms with Gasteiger partial charge in [-0.3, -0.25) is 0 Å². The van der Waals surface area contributed by atoms with E-state index in [9.17, 15) is 9.18 Å². The van der Waals surface area contributed by atoms with Crippen LogP contribution in [-0.4, -0.2) is 12.6 Å². The predicted octanol–water partition coefficient (Wildman–Crippen LogP) is 3.07. The van der Waals surface area contributed by atoms with E-state index in [0.29, 0.717) is 10.0 Å². The summed E-state index contributed by atoms with van der Waals surface area (Å²) in [4.78, 5) is 11.4. The Hall–Kier alpha value is -0.900. The van der Waals surface area contributed by atoms with Gasteiger partial charge in [0.25, 0.3) is 0 Å². The Kier molecular flexibility index (Phi) is 3.63. The highest BCUT2D eigenvalue weighted by Crippen LogP contribution is 2.23. The molecule has 0 heterocycles. The van der Waals surface area contributed by atoms with E-state index in [1.807, 2.05) is 0 Å². The third-order valence-corrected chi connectivity index (χ3v) is 2.49. The molecule has 14 heavy (non-hydrogen) atoms. The summed E-state index contributed by atoms with van der Waals surface area (Å²) < 4.78 is 18.5. The van der Waals surface area contributed by atoms with Crippen molar-refractivity contribution in [3.8, 4) is 0 Å². The maximum Gasteiger partial charge on any atom is 0.339 e. The van der Waals surface area contributed by atoms with Gasteiger partial charge in [0.1, 0.15) is 5.82 Å². The maximum atomic E-state index is 13.1. The van der Waals surface area contributed by atoms with Crippen LogP contribution in [0.15, 0.2) is 16.6 Å². The first-order valence-corrected chi connectivity index (χ1v) is 4.99. The molecule has 0 atom stereocenters. The summed E-state index contributed by atoms with van der Waals surface area (Å²) in [6, 6.07) is 2.80. The van der Waals surface area contributed by atoms with Crippen LogP contribution < -0.4 is 0 Å². The third kappa shape index (κ3) is 2.12. The SMILES string of the molecule is CCOC(=O)c1c(Br)ccc(F)c1C. The molecule has 4 heteroatoms. The van der Waals surface area contributed by atoms with Crippen LogP contribution in [0.2, 0.25) is 0 Å². The van der Waals surface area contributed by atoms with Gasteiger partial charge in [0.05, 0.1) is 12.2 Å². The lowest BCUT2D eigenvalue weighted by molar-refractivity contribution is 0.0524. The van der Waals surface area contributed by atoms with Crippen molar-refractivity contribution in [3.63, 3.8) is 0 Å². The van der Waals surface area contributed by atoms with Crippen molar-refractivity contribution < 1.29 is 13.9 Å². The second kappa shape index (κ2) is 4.55. The molecule has 0 aliphatic carbocycles. The zero-order valence-corrected chi connectivity index (χ0v) is 9.52. The zero-order chi connectivity index (χ0) is 10.7. The number of halogens is 2. The number of rotatable bonds is 2. The number of hydrogen-bond donors (Lipinski definition) is 0. The van der Waals surface area contributed by atoms with Gasteiger partial charge < -0.3 is 4.74 Å². The standard InChI is InChI=1S/C10H10BrFO2/c1-3-14-10(13)9-6(2)8(12)5-4-7(9)11/h4-5H,3H2,1-2H3.